The molecule has 0 N–H and O–H groups in total. The molecular weight excluding hydrogens is 264 g/mol. The van der Waals surface area contributed by atoms with Crippen molar-refractivity contribution >= 4 is 43.6 Å². The summed E-state index contributed by atoms with van der Waals surface area (Å²) in [5, 5.41) is 2.04. The summed E-state index contributed by atoms with van der Waals surface area (Å²) < 4.78 is 0. The Hall–Kier alpha value is 1.31. The van der Waals surface area contributed by atoms with Gasteiger partial charge in [0, 0.05) is 21.2 Å². The summed E-state index contributed by atoms with van der Waals surface area (Å²) in [6, 6.07) is 0. The SMILES string of the molecule is BrC[C@@H]1CC[C@@H](Br)CS1. The van der Waals surface area contributed by atoms with Gasteiger partial charge in [0.2, 0.25) is 0 Å². The van der Waals surface area contributed by atoms with Crippen LogP contribution in [0.25, 0.3) is 0 Å². The maximum absolute atomic E-state index is 3.61. The molecule has 0 bridgehead atoms. The number of hydrogen-bond donors (Lipinski definition) is 0. The molecule has 0 radical (unpaired) electrons. The normalized spacial score (nSPS) is 36.7. The van der Waals surface area contributed by atoms with Crippen LogP contribution in [0.3, 0.4) is 0 Å². The van der Waals surface area contributed by atoms with Crippen molar-refractivity contribution in [2.24, 2.45) is 0 Å². The summed E-state index contributed by atoms with van der Waals surface area (Å²) in [5.41, 5.74) is 0. The van der Waals surface area contributed by atoms with Crippen LogP contribution in [0.1, 0.15) is 12.8 Å². The Morgan fingerprint density at radius 3 is 2.67 bits per heavy atom. The molecule has 1 aliphatic rings. The van der Waals surface area contributed by atoms with Gasteiger partial charge < -0.3 is 0 Å². The van der Waals surface area contributed by atoms with Crippen LogP contribution in [0.2, 0.25) is 0 Å². The first-order valence-electron chi connectivity index (χ1n) is 3.14. The lowest BCUT2D eigenvalue weighted by Crippen LogP contribution is -2.18. The van der Waals surface area contributed by atoms with Crippen LogP contribution >= 0.6 is 43.6 Å². The fourth-order valence-corrected chi connectivity index (χ4v) is 3.54. The Labute approximate surface area is 77.4 Å². The van der Waals surface area contributed by atoms with Crippen LogP contribution in [0.15, 0.2) is 0 Å². The molecule has 0 amide bonds. The third-order valence-corrected chi connectivity index (χ3v) is 5.38. The number of hydrogen-bond acceptors (Lipinski definition) is 1. The minimum atomic E-state index is 0.776. The standard InChI is InChI=1S/C6H10Br2S/c7-3-6-2-1-5(8)4-9-6/h5-6H,1-4H2/t5-,6+/m1/s1. The number of alkyl halides is 2. The van der Waals surface area contributed by atoms with Gasteiger partial charge >= 0.3 is 0 Å². The Kier molecular flexibility index (Phi) is 3.96. The fourth-order valence-electron chi connectivity index (χ4n) is 0.896. The second kappa shape index (κ2) is 4.24. The summed E-state index contributed by atoms with van der Waals surface area (Å²) in [6.07, 6.45) is 2.72. The van der Waals surface area contributed by atoms with Gasteiger partial charge in [-0.25, -0.2) is 0 Å². The minimum Gasteiger partial charge on any atom is -0.157 e. The molecule has 0 aromatic rings. The topological polar surface area (TPSA) is 0 Å². The van der Waals surface area contributed by atoms with Crippen molar-refractivity contribution in [3.8, 4) is 0 Å². The monoisotopic (exact) mass is 272 g/mol. The molecule has 0 spiro atoms. The molecule has 1 aliphatic heterocycles. The smallest absolute Gasteiger partial charge is 0.0236 e. The fraction of sp³-hybridized carbons (Fsp3) is 1.00. The molecule has 0 unspecified atom stereocenters. The van der Waals surface area contributed by atoms with Crippen LogP contribution in [0.5, 0.6) is 0 Å². The minimum absolute atomic E-state index is 0.776. The van der Waals surface area contributed by atoms with E-state index in [0.29, 0.717) is 0 Å². The third-order valence-electron chi connectivity index (χ3n) is 1.49. The quantitative estimate of drug-likeness (QED) is 0.662. The van der Waals surface area contributed by atoms with E-state index in [1.165, 1.54) is 18.6 Å². The van der Waals surface area contributed by atoms with E-state index in [9.17, 15) is 0 Å². The molecular formula is C6H10Br2S. The summed E-state index contributed by atoms with van der Waals surface area (Å²) in [6.45, 7) is 0. The lowest BCUT2D eigenvalue weighted by atomic mass is 10.2. The zero-order chi connectivity index (χ0) is 6.69. The van der Waals surface area contributed by atoms with E-state index in [-0.39, 0.29) is 0 Å². The van der Waals surface area contributed by atoms with E-state index in [1.54, 1.807) is 0 Å². The predicted molar refractivity (Wildman–Crippen MR) is 52.0 cm³/mol. The number of halogens is 2. The summed E-state index contributed by atoms with van der Waals surface area (Å²) >= 11 is 9.18. The van der Waals surface area contributed by atoms with Gasteiger partial charge in [-0.15, -0.1) is 0 Å². The van der Waals surface area contributed by atoms with Gasteiger partial charge in [-0.1, -0.05) is 31.9 Å². The van der Waals surface area contributed by atoms with Crippen LogP contribution in [-0.2, 0) is 0 Å². The van der Waals surface area contributed by atoms with E-state index in [0.717, 1.165) is 15.4 Å². The highest BCUT2D eigenvalue weighted by atomic mass is 79.9. The van der Waals surface area contributed by atoms with Gasteiger partial charge in [0.05, 0.1) is 0 Å². The number of rotatable bonds is 1. The van der Waals surface area contributed by atoms with Crippen LogP contribution < -0.4 is 0 Å². The van der Waals surface area contributed by atoms with Gasteiger partial charge in [0.1, 0.15) is 0 Å². The molecule has 2 atom stereocenters. The Balaban J connectivity index is 2.18. The molecule has 0 aromatic carbocycles. The van der Waals surface area contributed by atoms with Crippen LogP contribution in [0, 0.1) is 0 Å². The highest BCUT2D eigenvalue weighted by molar-refractivity contribution is 9.09. The highest BCUT2D eigenvalue weighted by Crippen LogP contribution is 2.29. The largest absolute Gasteiger partial charge is 0.157 e. The first-order chi connectivity index (χ1) is 4.33. The second-order valence-corrected chi connectivity index (χ2v) is 5.56. The van der Waals surface area contributed by atoms with Crippen LogP contribution in [0.4, 0.5) is 0 Å². The molecule has 1 saturated heterocycles. The summed E-state index contributed by atoms with van der Waals surface area (Å²) in [5.74, 6) is 1.29. The maximum Gasteiger partial charge on any atom is 0.0236 e. The first kappa shape index (κ1) is 8.41. The van der Waals surface area contributed by atoms with Crippen molar-refractivity contribution < 1.29 is 0 Å². The molecule has 54 valence electrons. The van der Waals surface area contributed by atoms with Crippen molar-refractivity contribution in [1.82, 2.24) is 0 Å². The van der Waals surface area contributed by atoms with Gasteiger partial charge in [-0.05, 0) is 12.8 Å². The molecule has 9 heavy (non-hydrogen) atoms. The molecule has 0 aromatic heterocycles. The zero-order valence-electron chi connectivity index (χ0n) is 5.15. The van der Waals surface area contributed by atoms with Gasteiger partial charge in [0.25, 0.3) is 0 Å². The van der Waals surface area contributed by atoms with Crippen molar-refractivity contribution in [2.45, 2.75) is 22.9 Å². The average molecular weight is 274 g/mol. The van der Waals surface area contributed by atoms with Crippen LogP contribution in [-0.4, -0.2) is 21.2 Å². The summed E-state index contributed by atoms with van der Waals surface area (Å²) in [7, 11) is 0. The molecule has 1 rings (SSSR count). The van der Waals surface area contributed by atoms with Gasteiger partial charge in [-0.3, -0.25) is 0 Å². The van der Waals surface area contributed by atoms with Crippen molar-refractivity contribution in [1.29, 1.82) is 0 Å². The Bertz CT molecular complexity index is 79.1. The van der Waals surface area contributed by atoms with Gasteiger partial charge in [-0.2, -0.15) is 11.8 Å². The van der Waals surface area contributed by atoms with Crippen molar-refractivity contribution in [3.63, 3.8) is 0 Å². The molecule has 0 aliphatic carbocycles. The zero-order valence-corrected chi connectivity index (χ0v) is 9.14. The van der Waals surface area contributed by atoms with E-state index >= 15 is 0 Å². The number of thioether (sulfide) groups is 1. The maximum atomic E-state index is 3.61. The van der Waals surface area contributed by atoms with Gasteiger partial charge in [0.15, 0.2) is 0 Å². The Morgan fingerprint density at radius 1 is 1.44 bits per heavy atom. The second-order valence-electron chi connectivity index (χ2n) is 2.28. The third kappa shape index (κ3) is 2.81. The van der Waals surface area contributed by atoms with E-state index in [4.69, 9.17) is 0 Å². The lowest BCUT2D eigenvalue weighted by molar-refractivity contribution is 0.718. The molecule has 1 heterocycles. The molecule has 3 heteroatoms. The molecule has 1 fully saturated rings. The summed E-state index contributed by atoms with van der Waals surface area (Å²) in [4.78, 5) is 0.776. The first-order valence-corrected chi connectivity index (χ1v) is 6.23. The predicted octanol–water partition coefficient (Wildman–Crippen LogP) is 3.04. The molecule has 0 saturated carbocycles. The molecule has 0 nitrogen and oxygen atoms in total. The van der Waals surface area contributed by atoms with E-state index in [2.05, 4.69) is 43.6 Å². The van der Waals surface area contributed by atoms with Crippen molar-refractivity contribution in [3.05, 3.63) is 0 Å². The van der Waals surface area contributed by atoms with E-state index < -0.39 is 0 Å². The van der Waals surface area contributed by atoms with Crippen molar-refractivity contribution in [2.75, 3.05) is 11.1 Å². The average Bonchev–Trinajstić information content (AvgIpc) is 1.90. The lowest BCUT2D eigenvalue weighted by Gasteiger charge is -2.22. The highest BCUT2D eigenvalue weighted by Gasteiger charge is 2.17. The Morgan fingerprint density at radius 2 is 2.22 bits per heavy atom. The van der Waals surface area contributed by atoms with E-state index in [1.807, 2.05) is 0 Å².